The summed E-state index contributed by atoms with van der Waals surface area (Å²) in [5, 5.41) is 0. The minimum atomic E-state index is -4.12. The van der Waals surface area contributed by atoms with Gasteiger partial charge >= 0.3 is 6.18 Å². The topological polar surface area (TPSA) is 9.23 Å². The van der Waals surface area contributed by atoms with E-state index in [-0.39, 0.29) is 31.2 Å². The average molecular weight is 304 g/mol. The third-order valence-electron chi connectivity index (χ3n) is 4.20. The number of benzene rings is 1. The molecule has 0 unspecified atom stereocenters. The predicted molar refractivity (Wildman–Crippen MR) is 72.5 cm³/mol. The van der Waals surface area contributed by atoms with Crippen molar-refractivity contribution in [3.63, 3.8) is 0 Å². The molecule has 0 spiro atoms. The fourth-order valence-electron chi connectivity index (χ4n) is 2.97. The molecule has 0 aliphatic heterocycles. The van der Waals surface area contributed by atoms with Crippen LogP contribution in [0.25, 0.3) is 0 Å². The largest absolute Gasteiger partial charge is 0.391 e. The molecule has 1 fully saturated rings. The summed E-state index contributed by atoms with van der Waals surface area (Å²) in [7, 11) is 0. The summed E-state index contributed by atoms with van der Waals surface area (Å²) >= 11 is 0. The minimum absolute atomic E-state index is 0.0866. The molecule has 0 atom stereocenters. The van der Waals surface area contributed by atoms with Crippen LogP contribution in [0.3, 0.4) is 0 Å². The lowest BCUT2D eigenvalue weighted by Gasteiger charge is -2.30. The maximum atomic E-state index is 14.4. The zero-order valence-corrected chi connectivity index (χ0v) is 12.0. The molecule has 2 rings (SSSR count). The molecular formula is C16H20F4O. The molecule has 0 N–H and O–H groups in total. The Morgan fingerprint density at radius 2 is 1.81 bits per heavy atom. The number of alkyl halides is 3. The molecule has 1 aliphatic rings. The molecule has 0 amide bonds. The zero-order valence-electron chi connectivity index (χ0n) is 12.0. The highest BCUT2D eigenvalue weighted by atomic mass is 19.4. The molecule has 21 heavy (non-hydrogen) atoms. The maximum absolute atomic E-state index is 14.4. The fraction of sp³-hybridized carbons (Fsp3) is 0.625. The van der Waals surface area contributed by atoms with E-state index < -0.39 is 12.1 Å². The van der Waals surface area contributed by atoms with Crippen LogP contribution in [0.15, 0.2) is 18.2 Å². The van der Waals surface area contributed by atoms with Gasteiger partial charge in [0.05, 0.1) is 12.5 Å². The second-order valence-corrected chi connectivity index (χ2v) is 5.55. The van der Waals surface area contributed by atoms with E-state index in [9.17, 15) is 17.6 Å². The molecule has 0 saturated heterocycles. The number of rotatable bonds is 4. The normalized spacial score (nSPS) is 23.3. The second-order valence-electron chi connectivity index (χ2n) is 5.55. The SMILES string of the molecule is CCOCc1cccc(C2CCC(C(F)(F)F)CC2)c1F. The van der Waals surface area contributed by atoms with E-state index in [0.717, 1.165) is 0 Å². The van der Waals surface area contributed by atoms with Crippen molar-refractivity contribution in [1.29, 1.82) is 0 Å². The lowest BCUT2D eigenvalue weighted by molar-refractivity contribution is -0.182. The van der Waals surface area contributed by atoms with Gasteiger partial charge in [-0.15, -0.1) is 0 Å². The first-order valence-corrected chi connectivity index (χ1v) is 7.35. The first-order valence-electron chi connectivity index (χ1n) is 7.35. The van der Waals surface area contributed by atoms with Gasteiger partial charge in [-0.25, -0.2) is 4.39 Å². The fourth-order valence-corrected chi connectivity index (χ4v) is 2.97. The van der Waals surface area contributed by atoms with Crippen molar-refractivity contribution in [2.45, 2.75) is 51.3 Å². The van der Waals surface area contributed by atoms with Gasteiger partial charge < -0.3 is 4.74 Å². The van der Waals surface area contributed by atoms with E-state index in [0.29, 0.717) is 30.6 Å². The van der Waals surface area contributed by atoms with E-state index in [1.807, 2.05) is 6.92 Å². The Morgan fingerprint density at radius 3 is 2.38 bits per heavy atom. The van der Waals surface area contributed by atoms with Crippen molar-refractivity contribution >= 4 is 0 Å². The van der Waals surface area contributed by atoms with Crippen molar-refractivity contribution < 1.29 is 22.3 Å². The third-order valence-corrected chi connectivity index (χ3v) is 4.20. The summed E-state index contributed by atoms with van der Waals surface area (Å²) in [6.07, 6.45) is -3.18. The van der Waals surface area contributed by atoms with Gasteiger partial charge in [-0.1, -0.05) is 18.2 Å². The van der Waals surface area contributed by atoms with Crippen molar-refractivity contribution in [2.24, 2.45) is 5.92 Å². The van der Waals surface area contributed by atoms with Crippen molar-refractivity contribution in [1.82, 2.24) is 0 Å². The smallest absolute Gasteiger partial charge is 0.377 e. The van der Waals surface area contributed by atoms with Gasteiger partial charge in [0.25, 0.3) is 0 Å². The zero-order chi connectivity index (χ0) is 15.5. The van der Waals surface area contributed by atoms with Gasteiger partial charge in [-0.3, -0.25) is 0 Å². The van der Waals surface area contributed by atoms with Crippen LogP contribution < -0.4 is 0 Å². The van der Waals surface area contributed by atoms with Gasteiger partial charge in [0.2, 0.25) is 0 Å². The maximum Gasteiger partial charge on any atom is 0.391 e. The highest BCUT2D eigenvalue weighted by Gasteiger charge is 2.41. The number of hydrogen-bond acceptors (Lipinski definition) is 1. The summed E-state index contributed by atoms with van der Waals surface area (Å²) < 4.78 is 57.6. The van der Waals surface area contributed by atoms with E-state index >= 15 is 0 Å². The third kappa shape index (κ3) is 3.96. The molecule has 118 valence electrons. The number of hydrogen-bond donors (Lipinski definition) is 0. The molecule has 1 nitrogen and oxygen atoms in total. The van der Waals surface area contributed by atoms with Gasteiger partial charge in [0, 0.05) is 12.2 Å². The highest BCUT2D eigenvalue weighted by molar-refractivity contribution is 5.29. The summed E-state index contributed by atoms with van der Waals surface area (Å²) in [5.41, 5.74) is 1.01. The average Bonchev–Trinajstić information content (AvgIpc) is 2.45. The van der Waals surface area contributed by atoms with Crippen molar-refractivity contribution in [2.75, 3.05) is 6.61 Å². The van der Waals surface area contributed by atoms with Crippen LogP contribution in [0.5, 0.6) is 0 Å². The van der Waals surface area contributed by atoms with Crippen LogP contribution in [-0.2, 0) is 11.3 Å². The Balaban J connectivity index is 2.06. The van der Waals surface area contributed by atoms with Gasteiger partial charge in [-0.2, -0.15) is 13.2 Å². The lowest BCUT2D eigenvalue weighted by atomic mass is 9.78. The van der Waals surface area contributed by atoms with Crippen LogP contribution in [0.4, 0.5) is 17.6 Å². The summed E-state index contributed by atoms with van der Waals surface area (Å²) in [6, 6.07) is 5.10. The standard InChI is InChI=1S/C16H20F4O/c1-2-21-10-12-4-3-5-14(15(12)17)11-6-8-13(9-7-11)16(18,19)20/h3-5,11,13H,2,6-10H2,1H3. The first-order chi connectivity index (χ1) is 9.93. The molecule has 0 heterocycles. The number of ether oxygens (including phenoxy) is 1. The first kappa shape index (κ1) is 16.3. The Hall–Kier alpha value is -1.10. The van der Waals surface area contributed by atoms with Crippen LogP contribution in [0, 0.1) is 11.7 Å². The molecule has 1 aromatic carbocycles. The Bertz CT molecular complexity index is 462. The summed E-state index contributed by atoms with van der Waals surface area (Å²) in [6.45, 7) is 2.54. The van der Waals surface area contributed by atoms with Gasteiger partial charge in [0.1, 0.15) is 5.82 Å². The predicted octanol–water partition coefficient (Wildman–Crippen LogP) is 5.20. The minimum Gasteiger partial charge on any atom is -0.377 e. The van der Waals surface area contributed by atoms with Crippen LogP contribution in [0.2, 0.25) is 0 Å². The molecule has 0 bridgehead atoms. The summed E-state index contributed by atoms with van der Waals surface area (Å²) in [5.74, 6) is -1.67. The van der Waals surface area contributed by atoms with E-state index in [2.05, 4.69) is 0 Å². The molecule has 0 radical (unpaired) electrons. The molecular weight excluding hydrogens is 284 g/mol. The summed E-state index contributed by atoms with van der Waals surface area (Å²) in [4.78, 5) is 0. The molecule has 1 aromatic rings. The van der Waals surface area contributed by atoms with E-state index in [1.54, 1.807) is 18.2 Å². The Kier molecular flexibility index (Phi) is 5.25. The molecule has 5 heteroatoms. The van der Waals surface area contributed by atoms with Gasteiger partial charge in [-0.05, 0) is 44.1 Å². The van der Waals surface area contributed by atoms with Crippen LogP contribution in [-0.4, -0.2) is 12.8 Å². The second kappa shape index (κ2) is 6.77. The molecule has 1 aliphatic carbocycles. The van der Waals surface area contributed by atoms with Crippen LogP contribution >= 0.6 is 0 Å². The molecule has 1 saturated carbocycles. The van der Waals surface area contributed by atoms with E-state index in [1.165, 1.54) is 0 Å². The lowest BCUT2D eigenvalue weighted by Crippen LogP contribution is -2.27. The number of halogens is 4. The monoisotopic (exact) mass is 304 g/mol. The Labute approximate surface area is 122 Å². The van der Waals surface area contributed by atoms with Crippen molar-refractivity contribution in [3.05, 3.63) is 35.1 Å². The van der Waals surface area contributed by atoms with Crippen LogP contribution in [0.1, 0.15) is 49.7 Å². The quantitative estimate of drug-likeness (QED) is 0.695. The molecule has 0 aromatic heterocycles. The Morgan fingerprint density at radius 1 is 1.14 bits per heavy atom. The van der Waals surface area contributed by atoms with Gasteiger partial charge in [0.15, 0.2) is 0 Å². The van der Waals surface area contributed by atoms with E-state index in [4.69, 9.17) is 4.74 Å². The van der Waals surface area contributed by atoms with Crippen molar-refractivity contribution in [3.8, 4) is 0 Å². The highest BCUT2D eigenvalue weighted by Crippen LogP contribution is 2.43.